The Bertz CT molecular complexity index is 1350. The van der Waals surface area contributed by atoms with Crippen molar-refractivity contribution in [1.29, 1.82) is 0 Å². The minimum atomic E-state index is -4.79. The molecule has 0 fully saturated rings. The molecule has 1 atom stereocenters. The lowest BCUT2D eigenvalue weighted by Crippen LogP contribution is -2.32. The van der Waals surface area contributed by atoms with Gasteiger partial charge in [-0.15, -0.1) is 5.10 Å². The third-order valence-electron chi connectivity index (χ3n) is 5.77. The highest BCUT2D eigenvalue weighted by Gasteiger charge is 2.39. The normalized spacial score (nSPS) is 14.4. The van der Waals surface area contributed by atoms with E-state index in [0.29, 0.717) is 24.9 Å². The molecule has 0 bridgehead atoms. The second kappa shape index (κ2) is 9.16. The van der Waals surface area contributed by atoms with Gasteiger partial charge in [-0.25, -0.2) is 13.6 Å². The first-order valence-corrected chi connectivity index (χ1v) is 10.8. The van der Waals surface area contributed by atoms with Crippen LogP contribution in [0.15, 0.2) is 35.1 Å². The highest BCUT2D eigenvalue weighted by atomic mass is 19.4. The second-order valence-electron chi connectivity index (χ2n) is 8.19. The van der Waals surface area contributed by atoms with Crippen LogP contribution in [0.5, 0.6) is 5.75 Å². The smallest absolute Gasteiger partial charge is 0.425 e. The number of benzene rings is 2. The zero-order valence-corrected chi connectivity index (χ0v) is 18.7. The molecule has 1 aliphatic rings. The van der Waals surface area contributed by atoms with E-state index in [2.05, 4.69) is 10.4 Å². The average molecular weight is 496 g/mol. The lowest BCUT2D eigenvalue weighted by atomic mass is 10.1. The minimum absolute atomic E-state index is 0.0484. The summed E-state index contributed by atoms with van der Waals surface area (Å²) >= 11 is 0. The molecule has 0 spiro atoms. The van der Waals surface area contributed by atoms with Crippen LogP contribution in [0.25, 0.3) is 5.69 Å². The number of nitrogens with one attached hydrogen (secondary N) is 1. The van der Waals surface area contributed by atoms with E-state index >= 15 is 4.39 Å². The van der Waals surface area contributed by atoms with Gasteiger partial charge in [-0.3, -0.25) is 9.36 Å². The molecule has 1 amide bonds. The molecule has 186 valence electrons. The zero-order chi connectivity index (χ0) is 25.5. The summed E-state index contributed by atoms with van der Waals surface area (Å²) in [7, 11) is 0. The van der Waals surface area contributed by atoms with Gasteiger partial charge in [-0.05, 0) is 44.9 Å². The van der Waals surface area contributed by atoms with Gasteiger partial charge in [-0.2, -0.15) is 17.9 Å². The number of aromatic nitrogens is 3. The standard InChI is InChI=1S/C23H21F5N4O3/c1-12-15(24)6-5-7-17(12)29-21(33)14-10-16(25)18(11-19(14)35-13(2)23(26,27)28)32-22(34)31-9-4-3-8-20(31)30-32/h5-7,10-11,13H,3-4,8-9H2,1-2H3,(H,29,33)/t13-/m0/s1. The Hall–Kier alpha value is -3.70. The van der Waals surface area contributed by atoms with E-state index in [1.807, 2.05) is 0 Å². The van der Waals surface area contributed by atoms with Crippen LogP contribution in [-0.2, 0) is 13.0 Å². The van der Waals surface area contributed by atoms with Crippen LogP contribution in [0.3, 0.4) is 0 Å². The number of carbonyl (C=O) groups excluding carboxylic acids is 1. The minimum Gasteiger partial charge on any atom is -0.480 e. The topological polar surface area (TPSA) is 78.2 Å². The van der Waals surface area contributed by atoms with E-state index in [9.17, 15) is 27.2 Å². The third-order valence-corrected chi connectivity index (χ3v) is 5.77. The van der Waals surface area contributed by atoms with Gasteiger partial charge in [0.05, 0.1) is 5.56 Å². The van der Waals surface area contributed by atoms with Crippen LogP contribution in [-0.4, -0.2) is 32.5 Å². The number of ether oxygens (including phenoxy) is 1. The van der Waals surface area contributed by atoms with Crippen molar-refractivity contribution in [3.63, 3.8) is 0 Å². The molecule has 1 aliphatic heterocycles. The molecule has 7 nitrogen and oxygen atoms in total. The number of halogens is 5. The van der Waals surface area contributed by atoms with E-state index in [4.69, 9.17) is 4.74 Å². The van der Waals surface area contributed by atoms with Gasteiger partial charge in [0.25, 0.3) is 5.91 Å². The molecule has 4 rings (SSSR count). The highest BCUT2D eigenvalue weighted by molar-refractivity contribution is 6.06. The number of hydrogen-bond acceptors (Lipinski definition) is 4. The van der Waals surface area contributed by atoms with Crippen molar-refractivity contribution in [2.45, 2.75) is 51.9 Å². The molecular formula is C23H21F5N4O3. The summed E-state index contributed by atoms with van der Waals surface area (Å²) in [6.07, 6.45) is -5.13. The van der Waals surface area contributed by atoms with Crippen LogP contribution in [0.2, 0.25) is 0 Å². The number of amides is 1. The maximum atomic E-state index is 15.1. The van der Waals surface area contributed by atoms with E-state index in [1.165, 1.54) is 29.7 Å². The zero-order valence-electron chi connectivity index (χ0n) is 18.7. The SMILES string of the molecule is Cc1c(F)cccc1NC(=O)c1cc(F)c(-n2nc3n(c2=O)CCCC3)cc1O[C@@H](C)C(F)(F)F. The molecule has 0 aliphatic carbocycles. The Morgan fingerprint density at radius 1 is 1.17 bits per heavy atom. The summed E-state index contributed by atoms with van der Waals surface area (Å²) in [6, 6.07) is 5.39. The number of anilines is 1. The van der Waals surface area contributed by atoms with Gasteiger partial charge in [0, 0.05) is 30.3 Å². The average Bonchev–Trinajstić information content (AvgIpc) is 3.13. The van der Waals surface area contributed by atoms with Gasteiger partial charge in [0.15, 0.2) is 6.10 Å². The summed E-state index contributed by atoms with van der Waals surface area (Å²) in [6.45, 7) is 2.51. The van der Waals surface area contributed by atoms with Gasteiger partial charge < -0.3 is 10.1 Å². The molecule has 0 saturated carbocycles. The van der Waals surface area contributed by atoms with E-state index in [1.54, 1.807) is 0 Å². The molecule has 0 saturated heterocycles. The van der Waals surface area contributed by atoms with E-state index < -0.39 is 52.5 Å². The Kier molecular flexibility index (Phi) is 6.39. The third kappa shape index (κ3) is 4.77. The molecule has 1 aromatic heterocycles. The van der Waals surface area contributed by atoms with Crippen molar-refractivity contribution in [2.24, 2.45) is 0 Å². The Morgan fingerprint density at radius 3 is 2.60 bits per heavy atom. The number of fused-ring (bicyclic) bond motifs is 1. The number of alkyl halides is 3. The Morgan fingerprint density at radius 2 is 1.91 bits per heavy atom. The summed E-state index contributed by atoms with van der Waals surface area (Å²) in [5.74, 6) is -2.90. The highest BCUT2D eigenvalue weighted by Crippen LogP contribution is 2.31. The van der Waals surface area contributed by atoms with Crippen molar-refractivity contribution >= 4 is 11.6 Å². The molecule has 1 N–H and O–H groups in total. The van der Waals surface area contributed by atoms with Gasteiger partial charge in [0.2, 0.25) is 0 Å². The van der Waals surface area contributed by atoms with Crippen LogP contribution >= 0.6 is 0 Å². The largest absolute Gasteiger partial charge is 0.480 e. The van der Waals surface area contributed by atoms with Gasteiger partial charge in [0.1, 0.15) is 28.9 Å². The maximum absolute atomic E-state index is 15.1. The Balaban J connectivity index is 1.80. The molecule has 35 heavy (non-hydrogen) atoms. The van der Waals surface area contributed by atoms with E-state index in [-0.39, 0.29) is 11.3 Å². The van der Waals surface area contributed by atoms with Crippen molar-refractivity contribution in [3.8, 4) is 11.4 Å². The molecular weight excluding hydrogens is 475 g/mol. The van der Waals surface area contributed by atoms with Crippen LogP contribution in [0.4, 0.5) is 27.6 Å². The fraction of sp³-hybridized carbons (Fsp3) is 0.348. The number of nitrogens with zero attached hydrogens (tertiary/aromatic N) is 3. The predicted octanol–water partition coefficient (Wildman–Crippen LogP) is 4.54. The monoisotopic (exact) mass is 496 g/mol. The first-order valence-electron chi connectivity index (χ1n) is 10.8. The maximum Gasteiger partial charge on any atom is 0.425 e. The predicted molar refractivity (Wildman–Crippen MR) is 116 cm³/mol. The fourth-order valence-corrected chi connectivity index (χ4v) is 3.73. The quantitative estimate of drug-likeness (QED) is 0.527. The van der Waals surface area contributed by atoms with Crippen molar-refractivity contribution < 1.29 is 31.5 Å². The van der Waals surface area contributed by atoms with Crippen LogP contribution in [0.1, 0.15) is 41.5 Å². The summed E-state index contributed by atoms with van der Waals surface area (Å²) in [5, 5.41) is 6.48. The first-order chi connectivity index (χ1) is 16.5. The van der Waals surface area contributed by atoms with Crippen LogP contribution < -0.4 is 15.7 Å². The number of aryl methyl sites for hydroxylation is 1. The molecule has 2 heterocycles. The van der Waals surface area contributed by atoms with Crippen LogP contribution in [0, 0.1) is 18.6 Å². The van der Waals surface area contributed by atoms with E-state index in [0.717, 1.165) is 30.5 Å². The summed E-state index contributed by atoms with van der Waals surface area (Å²) in [4.78, 5) is 25.7. The van der Waals surface area contributed by atoms with Crippen molar-refractivity contribution in [1.82, 2.24) is 14.3 Å². The molecule has 0 radical (unpaired) electrons. The summed E-state index contributed by atoms with van der Waals surface area (Å²) in [5.41, 5.74) is -1.55. The number of carbonyl (C=O) groups is 1. The molecule has 12 heteroatoms. The van der Waals surface area contributed by atoms with Crippen molar-refractivity contribution in [2.75, 3.05) is 5.32 Å². The molecule has 3 aromatic rings. The molecule has 2 aromatic carbocycles. The number of rotatable bonds is 5. The lowest BCUT2D eigenvalue weighted by Gasteiger charge is -2.20. The summed E-state index contributed by atoms with van der Waals surface area (Å²) < 4.78 is 75.8. The first kappa shape index (κ1) is 24.4. The molecule has 0 unspecified atom stereocenters. The Labute approximate surface area is 196 Å². The van der Waals surface area contributed by atoms with Gasteiger partial charge in [-0.1, -0.05) is 6.07 Å². The van der Waals surface area contributed by atoms with Gasteiger partial charge >= 0.3 is 11.9 Å². The lowest BCUT2D eigenvalue weighted by molar-refractivity contribution is -0.189. The van der Waals surface area contributed by atoms with Crippen molar-refractivity contribution in [3.05, 3.63) is 69.4 Å². The number of hydrogen-bond donors (Lipinski definition) is 1. The fourth-order valence-electron chi connectivity index (χ4n) is 3.73. The second-order valence-corrected chi connectivity index (χ2v) is 8.19.